The van der Waals surface area contributed by atoms with Crippen LogP contribution in [-0.2, 0) is 0 Å². The van der Waals surface area contributed by atoms with Gasteiger partial charge in [0.25, 0.3) is 0 Å². The van der Waals surface area contributed by atoms with Crippen LogP contribution in [-0.4, -0.2) is 60.1 Å². The van der Waals surface area contributed by atoms with Gasteiger partial charge in [-0.3, -0.25) is 10.1 Å². The van der Waals surface area contributed by atoms with Gasteiger partial charge in [-0.05, 0) is 26.9 Å². The summed E-state index contributed by atoms with van der Waals surface area (Å²) in [6, 6.07) is 0.253. The first-order valence-electron chi connectivity index (χ1n) is 6.63. The van der Waals surface area contributed by atoms with Crippen molar-refractivity contribution in [2.24, 2.45) is 0 Å². The molecular weight excluding hydrogens is 260 g/mol. The second-order valence-electron chi connectivity index (χ2n) is 5.15. The van der Waals surface area contributed by atoms with E-state index in [9.17, 15) is 10.1 Å². The van der Waals surface area contributed by atoms with Crippen molar-refractivity contribution in [1.82, 2.24) is 14.9 Å². The molecule has 1 aliphatic rings. The van der Waals surface area contributed by atoms with Crippen LogP contribution in [0.25, 0.3) is 0 Å². The van der Waals surface area contributed by atoms with E-state index in [1.807, 2.05) is 19.0 Å². The van der Waals surface area contributed by atoms with E-state index in [4.69, 9.17) is 0 Å². The molecule has 0 bridgehead atoms. The number of hydrogen-bond donors (Lipinski definition) is 1. The Morgan fingerprint density at radius 1 is 1.55 bits per heavy atom. The quantitative estimate of drug-likeness (QED) is 0.634. The van der Waals surface area contributed by atoms with Crippen molar-refractivity contribution in [1.29, 1.82) is 0 Å². The van der Waals surface area contributed by atoms with Crippen LogP contribution in [0.2, 0.25) is 0 Å². The number of likely N-dealkylation sites (N-methyl/N-ethyl adjacent to an activating group) is 1. The maximum atomic E-state index is 11.3. The van der Waals surface area contributed by atoms with E-state index < -0.39 is 4.92 Å². The predicted octanol–water partition coefficient (Wildman–Crippen LogP) is 0.957. The van der Waals surface area contributed by atoms with Crippen LogP contribution in [0.1, 0.15) is 12.8 Å². The van der Waals surface area contributed by atoms with Crippen LogP contribution in [0.15, 0.2) is 6.33 Å². The number of nitrogens with zero attached hydrogens (tertiary/aromatic N) is 5. The summed E-state index contributed by atoms with van der Waals surface area (Å²) in [5, 5.41) is 14.1. The minimum atomic E-state index is -0.411. The first kappa shape index (κ1) is 14.4. The number of nitrogens with one attached hydrogen (secondary N) is 1. The Labute approximate surface area is 118 Å². The summed E-state index contributed by atoms with van der Waals surface area (Å²) in [6.07, 6.45) is 3.42. The van der Waals surface area contributed by atoms with E-state index in [-0.39, 0.29) is 17.5 Å². The van der Waals surface area contributed by atoms with Gasteiger partial charge in [0.05, 0.1) is 4.92 Å². The van der Waals surface area contributed by atoms with Gasteiger partial charge < -0.3 is 15.1 Å². The van der Waals surface area contributed by atoms with Crippen molar-refractivity contribution < 1.29 is 4.92 Å². The van der Waals surface area contributed by atoms with Gasteiger partial charge in [-0.25, -0.2) is 9.97 Å². The third-order valence-electron chi connectivity index (χ3n) is 3.45. The molecule has 8 nitrogen and oxygen atoms in total. The molecule has 1 aromatic heterocycles. The van der Waals surface area contributed by atoms with Crippen LogP contribution in [0.5, 0.6) is 0 Å². The Kier molecular flexibility index (Phi) is 4.33. The normalized spacial score (nSPS) is 18.6. The lowest BCUT2D eigenvalue weighted by molar-refractivity contribution is -0.383. The van der Waals surface area contributed by atoms with Gasteiger partial charge in [-0.2, -0.15) is 0 Å². The summed E-state index contributed by atoms with van der Waals surface area (Å²) in [5.74, 6) is 0.675. The van der Waals surface area contributed by atoms with Crippen molar-refractivity contribution in [2.45, 2.75) is 18.9 Å². The summed E-state index contributed by atoms with van der Waals surface area (Å²) in [4.78, 5) is 23.1. The first-order chi connectivity index (χ1) is 9.54. The standard InChI is InChI=1S/C12H20N6O2/c1-13-11-10(18(19)20)12(15-8-14-11)17-6-4-5-9(17)7-16(2)3/h8-9H,4-7H2,1-3H3,(H,13,14,15). The molecule has 0 aromatic carbocycles. The molecule has 0 radical (unpaired) electrons. The largest absolute Gasteiger partial charge is 0.367 e. The van der Waals surface area contributed by atoms with Crippen LogP contribution < -0.4 is 10.2 Å². The van der Waals surface area contributed by atoms with E-state index >= 15 is 0 Å². The average molecular weight is 280 g/mol. The number of rotatable bonds is 5. The molecule has 1 unspecified atom stereocenters. The van der Waals surface area contributed by atoms with Gasteiger partial charge in [0.15, 0.2) is 0 Å². The van der Waals surface area contributed by atoms with Crippen molar-refractivity contribution in [3.8, 4) is 0 Å². The van der Waals surface area contributed by atoms with Gasteiger partial charge in [0.1, 0.15) is 6.33 Å². The van der Waals surface area contributed by atoms with Gasteiger partial charge in [0.2, 0.25) is 11.6 Å². The van der Waals surface area contributed by atoms with Crippen molar-refractivity contribution in [3.05, 3.63) is 16.4 Å². The Balaban J connectivity index is 2.38. The van der Waals surface area contributed by atoms with Crippen molar-refractivity contribution in [2.75, 3.05) is 44.4 Å². The van der Waals surface area contributed by atoms with E-state index in [0.29, 0.717) is 5.82 Å². The summed E-state index contributed by atoms with van der Waals surface area (Å²) < 4.78 is 0. The van der Waals surface area contributed by atoms with Crippen molar-refractivity contribution >= 4 is 17.3 Å². The Hall–Kier alpha value is -1.96. The second-order valence-corrected chi connectivity index (χ2v) is 5.15. The number of aromatic nitrogens is 2. The fraction of sp³-hybridized carbons (Fsp3) is 0.667. The maximum Gasteiger partial charge on any atom is 0.353 e. The summed E-state index contributed by atoms with van der Waals surface area (Å²) in [7, 11) is 5.63. The zero-order chi connectivity index (χ0) is 14.7. The maximum absolute atomic E-state index is 11.3. The molecule has 0 spiro atoms. The fourth-order valence-electron chi connectivity index (χ4n) is 2.66. The average Bonchev–Trinajstić information content (AvgIpc) is 2.84. The lowest BCUT2D eigenvalue weighted by Crippen LogP contribution is -2.38. The van der Waals surface area contributed by atoms with Gasteiger partial charge in [-0.15, -0.1) is 0 Å². The van der Waals surface area contributed by atoms with Crippen LogP contribution in [0.4, 0.5) is 17.3 Å². The molecule has 8 heteroatoms. The Morgan fingerprint density at radius 2 is 2.30 bits per heavy atom. The zero-order valence-electron chi connectivity index (χ0n) is 12.0. The third kappa shape index (κ3) is 2.79. The highest BCUT2D eigenvalue weighted by Gasteiger charge is 2.33. The summed E-state index contributed by atoms with van der Waals surface area (Å²) >= 11 is 0. The minimum absolute atomic E-state index is 0.0411. The smallest absolute Gasteiger partial charge is 0.353 e. The predicted molar refractivity (Wildman–Crippen MR) is 77.2 cm³/mol. The lowest BCUT2D eigenvalue weighted by atomic mass is 10.2. The van der Waals surface area contributed by atoms with Crippen LogP contribution in [0, 0.1) is 10.1 Å². The fourth-order valence-corrected chi connectivity index (χ4v) is 2.66. The molecule has 2 rings (SSSR count). The van der Waals surface area contributed by atoms with Crippen molar-refractivity contribution in [3.63, 3.8) is 0 Å². The zero-order valence-corrected chi connectivity index (χ0v) is 12.0. The highest BCUT2D eigenvalue weighted by Crippen LogP contribution is 2.35. The molecule has 2 heterocycles. The molecule has 1 atom stereocenters. The molecule has 0 amide bonds. The molecular formula is C12H20N6O2. The lowest BCUT2D eigenvalue weighted by Gasteiger charge is -2.27. The number of anilines is 2. The SMILES string of the molecule is CNc1ncnc(N2CCCC2CN(C)C)c1[N+](=O)[O-]. The Bertz CT molecular complexity index is 493. The highest BCUT2D eigenvalue weighted by molar-refractivity contribution is 5.70. The van der Waals surface area contributed by atoms with Crippen LogP contribution >= 0.6 is 0 Å². The minimum Gasteiger partial charge on any atom is -0.367 e. The molecule has 1 aromatic rings. The Morgan fingerprint density at radius 3 is 2.90 bits per heavy atom. The van der Waals surface area contributed by atoms with E-state index in [1.165, 1.54) is 6.33 Å². The van der Waals surface area contributed by atoms with Crippen LogP contribution in [0.3, 0.4) is 0 Å². The van der Waals surface area contributed by atoms with Gasteiger partial charge in [0, 0.05) is 26.2 Å². The van der Waals surface area contributed by atoms with Gasteiger partial charge in [-0.1, -0.05) is 0 Å². The van der Waals surface area contributed by atoms with E-state index in [2.05, 4.69) is 20.2 Å². The van der Waals surface area contributed by atoms with Gasteiger partial charge >= 0.3 is 5.69 Å². The summed E-state index contributed by atoms with van der Waals surface area (Å²) in [5.41, 5.74) is -0.0411. The molecule has 110 valence electrons. The molecule has 1 fully saturated rings. The molecule has 20 heavy (non-hydrogen) atoms. The van der Waals surface area contributed by atoms with E-state index in [0.717, 1.165) is 25.9 Å². The second kappa shape index (κ2) is 6.00. The molecule has 0 aliphatic carbocycles. The monoisotopic (exact) mass is 280 g/mol. The first-order valence-corrected chi connectivity index (χ1v) is 6.63. The molecule has 1 aliphatic heterocycles. The molecule has 1 saturated heterocycles. The topological polar surface area (TPSA) is 87.4 Å². The molecule has 1 N–H and O–H groups in total. The summed E-state index contributed by atoms with van der Waals surface area (Å²) in [6.45, 7) is 1.65. The molecule has 0 saturated carbocycles. The highest BCUT2D eigenvalue weighted by atomic mass is 16.6. The number of hydrogen-bond acceptors (Lipinski definition) is 7. The third-order valence-corrected chi connectivity index (χ3v) is 3.45. The van der Waals surface area contributed by atoms with E-state index in [1.54, 1.807) is 7.05 Å². The number of nitro groups is 1.